The van der Waals surface area contributed by atoms with Crippen LogP contribution in [0.4, 0.5) is 5.69 Å². The maximum atomic E-state index is 13.9. The molecule has 3 aromatic rings. The van der Waals surface area contributed by atoms with E-state index in [9.17, 15) is 14.7 Å². The Kier molecular flexibility index (Phi) is 11.1. The van der Waals surface area contributed by atoms with Gasteiger partial charge in [-0.1, -0.05) is 19.4 Å². The molecule has 0 radical (unpaired) electrons. The highest BCUT2D eigenvalue weighted by atomic mass is 16.5. The Morgan fingerprint density at radius 1 is 1.13 bits per heavy atom. The molecule has 9 heteroatoms. The van der Waals surface area contributed by atoms with E-state index in [2.05, 4.69) is 46.1 Å². The molecule has 9 nitrogen and oxygen atoms in total. The first-order valence-corrected chi connectivity index (χ1v) is 16.6. The van der Waals surface area contributed by atoms with Crippen LogP contribution in [0.15, 0.2) is 41.3 Å². The summed E-state index contributed by atoms with van der Waals surface area (Å²) in [6.45, 7) is 13.0. The Morgan fingerprint density at radius 2 is 1.93 bits per heavy atom. The number of anilines is 1. The molecular formula is C36H49N5O4. The summed E-state index contributed by atoms with van der Waals surface area (Å²) < 4.78 is 5.66. The molecule has 5 rings (SSSR count). The van der Waals surface area contributed by atoms with Crippen molar-refractivity contribution >= 4 is 11.6 Å². The van der Waals surface area contributed by atoms with Gasteiger partial charge in [-0.2, -0.15) is 0 Å². The van der Waals surface area contributed by atoms with E-state index in [1.807, 2.05) is 38.2 Å². The van der Waals surface area contributed by atoms with Crippen molar-refractivity contribution in [2.45, 2.75) is 91.5 Å². The average molecular weight is 616 g/mol. The van der Waals surface area contributed by atoms with Crippen LogP contribution >= 0.6 is 0 Å². The van der Waals surface area contributed by atoms with Crippen molar-refractivity contribution in [3.05, 3.63) is 80.5 Å². The number of nitrogens with one attached hydrogen (secondary N) is 2. The van der Waals surface area contributed by atoms with Crippen LogP contribution in [0.3, 0.4) is 0 Å². The van der Waals surface area contributed by atoms with Gasteiger partial charge in [0.05, 0.1) is 11.8 Å². The van der Waals surface area contributed by atoms with E-state index in [1.54, 1.807) is 0 Å². The summed E-state index contributed by atoms with van der Waals surface area (Å²) >= 11 is 0. The maximum absolute atomic E-state index is 13.9. The van der Waals surface area contributed by atoms with Crippen LogP contribution in [0.25, 0.3) is 11.1 Å². The van der Waals surface area contributed by atoms with Gasteiger partial charge in [0.2, 0.25) is 0 Å². The highest BCUT2D eigenvalue weighted by Crippen LogP contribution is 2.34. The summed E-state index contributed by atoms with van der Waals surface area (Å²) in [4.78, 5) is 39.1. The number of carbonyl (C=O) groups excluding carboxylic acids is 1. The van der Waals surface area contributed by atoms with Gasteiger partial charge in [0.1, 0.15) is 0 Å². The number of carbonyl (C=O) groups is 1. The lowest BCUT2D eigenvalue weighted by Crippen LogP contribution is -2.40. The Labute approximate surface area is 267 Å². The average Bonchev–Trinajstić information content (AvgIpc) is 3.03. The summed E-state index contributed by atoms with van der Waals surface area (Å²) in [5, 5.41) is 13.1. The fourth-order valence-electron chi connectivity index (χ4n) is 6.85. The van der Waals surface area contributed by atoms with Crippen molar-refractivity contribution in [3.8, 4) is 11.1 Å². The number of likely N-dealkylation sites (tertiary alicyclic amines) is 1. The third kappa shape index (κ3) is 8.01. The van der Waals surface area contributed by atoms with Crippen molar-refractivity contribution in [1.29, 1.82) is 0 Å². The molecule has 0 unspecified atom stereocenters. The number of aryl methyl sites for hydroxylation is 2. The molecule has 0 spiro atoms. The number of ether oxygens (including phenoxy) is 1. The number of nitrogens with zero attached hydrogens (tertiary/aromatic N) is 3. The molecule has 242 valence electrons. The smallest absolute Gasteiger partial charge is 0.253 e. The number of aliphatic hydroxyl groups is 1. The molecule has 2 fully saturated rings. The molecule has 3 N–H and O–H groups in total. The predicted molar refractivity (Wildman–Crippen MR) is 179 cm³/mol. The lowest BCUT2D eigenvalue weighted by molar-refractivity contribution is 0.0662. The van der Waals surface area contributed by atoms with Crippen molar-refractivity contribution < 1.29 is 14.6 Å². The Balaban J connectivity index is 1.46. The molecule has 1 aromatic carbocycles. The fourth-order valence-corrected chi connectivity index (χ4v) is 6.85. The lowest BCUT2D eigenvalue weighted by Gasteiger charge is -2.37. The second-order valence-electron chi connectivity index (χ2n) is 12.6. The first-order valence-electron chi connectivity index (χ1n) is 16.6. The van der Waals surface area contributed by atoms with Crippen molar-refractivity contribution in [2.75, 3.05) is 37.7 Å². The SMILES string of the molecule is CCCc1cc(C)[nH]c(=O)c1CNC(=O)c1cc(-c2ccc(CN3CCC[C@H](O)C3)nc2)cc(N(CC)C2CCOCC2)c1C. The summed E-state index contributed by atoms with van der Waals surface area (Å²) in [6.07, 6.45) is 7.06. The van der Waals surface area contributed by atoms with E-state index in [1.165, 1.54) is 0 Å². The number of aliphatic hydroxyl groups excluding tert-OH is 1. The number of hydrogen-bond donors (Lipinski definition) is 3. The zero-order valence-corrected chi connectivity index (χ0v) is 27.3. The van der Waals surface area contributed by atoms with Crippen LogP contribution in [0.5, 0.6) is 0 Å². The normalized spacial score (nSPS) is 17.8. The number of benzene rings is 1. The van der Waals surface area contributed by atoms with Crippen LogP contribution in [-0.2, 0) is 24.2 Å². The largest absolute Gasteiger partial charge is 0.392 e. The van der Waals surface area contributed by atoms with E-state index in [4.69, 9.17) is 9.72 Å². The number of hydrogen-bond acceptors (Lipinski definition) is 7. The van der Waals surface area contributed by atoms with Gasteiger partial charge in [0, 0.05) is 79.7 Å². The minimum Gasteiger partial charge on any atom is -0.392 e. The zero-order chi connectivity index (χ0) is 31.9. The maximum Gasteiger partial charge on any atom is 0.253 e. The number of H-pyrrole nitrogens is 1. The molecule has 0 bridgehead atoms. The molecule has 1 atom stereocenters. The van der Waals surface area contributed by atoms with Crippen LogP contribution in [0.2, 0.25) is 0 Å². The van der Waals surface area contributed by atoms with Crippen LogP contribution in [0.1, 0.15) is 84.4 Å². The van der Waals surface area contributed by atoms with E-state index in [-0.39, 0.29) is 24.1 Å². The summed E-state index contributed by atoms with van der Waals surface area (Å²) in [6, 6.07) is 10.6. The number of piperidine rings is 1. The highest BCUT2D eigenvalue weighted by molar-refractivity contribution is 5.99. The minimum absolute atomic E-state index is 0.146. The summed E-state index contributed by atoms with van der Waals surface area (Å²) in [5.74, 6) is -0.200. The van der Waals surface area contributed by atoms with E-state index in [0.29, 0.717) is 30.3 Å². The van der Waals surface area contributed by atoms with Gasteiger partial charge in [0.25, 0.3) is 11.5 Å². The molecule has 2 aliphatic rings. The van der Waals surface area contributed by atoms with Gasteiger partial charge >= 0.3 is 0 Å². The molecule has 2 aliphatic heterocycles. The molecule has 45 heavy (non-hydrogen) atoms. The fraction of sp³-hybridized carbons (Fsp3) is 0.528. The number of rotatable bonds is 11. The van der Waals surface area contributed by atoms with Crippen molar-refractivity contribution in [2.24, 2.45) is 0 Å². The second-order valence-corrected chi connectivity index (χ2v) is 12.6. The molecule has 0 aliphatic carbocycles. The van der Waals surface area contributed by atoms with Crippen LogP contribution < -0.4 is 15.8 Å². The minimum atomic E-state index is -0.270. The molecule has 4 heterocycles. The number of aromatic nitrogens is 2. The third-order valence-electron chi connectivity index (χ3n) is 9.24. The van der Waals surface area contributed by atoms with Crippen LogP contribution in [0, 0.1) is 13.8 Å². The van der Waals surface area contributed by atoms with Gasteiger partial charge in [-0.15, -0.1) is 0 Å². The predicted octanol–water partition coefficient (Wildman–Crippen LogP) is 4.90. The third-order valence-corrected chi connectivity index (χ3v) is 9.24. The zero-order valence-electron chi connectivity index (χ0n) is 27.3. The van der Waals surface area contributed by atoms with E-state index in [0.717, 1.165) is 104 Å². The van der Waals surface area contributed by atoms with E-state index >= 15 is 0 Å². The summed E-state index contributed by atoms with van der Waals surface area (Å²) in [7, 11) is 0. The first-order chi connectivity index (χ1) is 21.8. The Hall–Kier alpha value is -3.53. The van der Waals surface area contributed by atoms with Gasteiger partial charge in [-0.25, -0.2) is 0 Å². The molecule has 0 saturated carbocycles. The Bertz CT molecular complexity index is 1510. The van der Waals surface area contributed by atoms with Gasteiger partial charge in [-0.3, -0.25) is 19.5 Å². The molecule has 1 amide bonds. The number of amides is 1. The molecule has 2 saturated heterocycles. The van der Waals surface area contributed by atoms with Gasteiger partial charge in [-0.05, 0) is 100 Å². The number of aromatic amines is 1. The summed E-state index contributed by atoms with van der Waals surface area (Å²) in [5.41, 5.74) is 7.66. The topological polar surface area (TPSA) is 111 Å². The Morgan fingerprint density at radius 3 is 2.62 bits per heavy atom. The quantitative estimate of drug-likeness (QED) is 0.282. The van der Waals surface area contributed by atoms with Crippen molar-refractivity contribution in [1.82, 2.24) is 20.2 Å². The van der Waals surface area contributed by atoms with Gasteiger partial charge in [0.15, 0.2) is 0 Å². The van der Waals surface area contributed by atoms with Crippen LogP contribution in [-0.4, -0.2) is 70.9 Å². The van der Waals surface area contributed by atoms with Crippen molar-refractivity contribution in [3.63, 3.8) is 0 Å². The van der Waals surface area contributed by atoms with E-state index < -0.39 is 0 Å². The first kappa shape index (κ1) is 32.9. The molecule has 2 aromatic heterocycles. The number of pyridine rings is 2. The lowest BCUT2D eigenvalue weighted by atomic mass is 9.95. The van der Waals surface area contributed by atoms with Gasteiger partial charge < -0.3 is 25.0 Å². The second kappa shape index (κ2) is 15.2. The standard InChI is InChI=1S/C36H49N5O4/c1-5-8-26-17-24(3)39-36(44)33(26)21-38-35(43)32-18-28(19-34(25(32)4)41(6-2)30-12-15-45-16-13-30)27-10-11-29(37-20-27)22-40-14-7-9-31(42)23-40/h10-11,17-20,30-31,42H,5-9,12-16,21-23H2,1-4H3,(H,38,43)(H,39,44)/t31-/m0/s1. The number of β-amino-alcohol motifs (C(OH)–C–C–N with tert-alkyl or cyclic N) is 1. The molecular weight excluding hydrogens is 566 g/mol. The monoisotopic (exact) mass is 615 g/mol. The highest BCUT2D eigenvalue weighted by Gasteiger charge is 2.25.